The Labute approximate surface area is 182 Å². The van der Waals surface area contributed by atoms with E-state index in [0.717, 1.165) is 9.13 Å². The molecule has 6 nitrogen and oxygen atoms in total. The van der Waals surface area contributed by atoms with Crippen LogP contribution in [-0.2, 0) is 10.0 Å². The molecule has 1 aromatic heterocycles. The molecule has 0 saturated carbocycles. The van der Waals surface area contributed by atoms with Crippen molar-refractivity contribution in [3.05, 3.63) is 70.1 Å². The van der Waals surface area contributed by atoms with Gasteiger partial charge in [-0.3, -0.25) is 0 Å². The fraction of sp³-hybridized carbons (Fsp3) is 0.200. The molecule has 0 aliphatic carbocycles. The van der Waals surface area contributed by atoms with Crippen LogP contribution < -0.4 is 4.90 Å². The highest BCUT2D eigenvalue weighted by molar-refractivity contribution is 14.1. The summed E-state index contributed by atoms with van der Waals surface area (Å²) in [5.41, 5.74) is 1.45. The summed E-state index contributed by atoms with van der Waals surface area (Å²) in [5, 5.41) is 8.50. The van der Waals surface area contributed by atoms with Crippen LogP contribution in [0.1, 0.15) is 0 Å². The van der Waals surface area contributed by atoms with Gasteiger partial charge in [-0.25, -0.2) is 12.8 Å². The second-order valence-corrected chi connectivity index (χ2v) is 9.81. The van der Waals surface area contributed by atoms with Crippen LogP contribution in [0.15, 0.2) is 65.6 Å². The van der Waals surface area contributed by atoms with Gasteiger partial charge in [0.2, 0.25) is 10.0 Å². The van der Waals surface area contributed by atoms with E-state index in [4.69, 9.17) is 0 Å². The van der Waals surface area contributed by atoms with Crippen molar-refractivity contribution in [2.75, 3.05) is 31.1 Å². The molecular formula is C20H18FIN4O2S. The summed E-state index contributed by atoms with van der Waals surface area (Å²) in [5.74, 6) is 0.401. The summed E-state index contributed by atoms with van der Waals surface area (Å²) >= 11 is 2.15. The molecule has 2 heterocycles. The molecule has 4 rings (SSSR count). The van der Waals surface area contributed by atoms with Gasteiger partial charge in [0.05, 0.1) is 10.6 Å². The van der Waals surface area contributed by atoms with Crippen LogP contribution in [0.25, 0.3) is 11.3 Å². The Morgan fingerprint density at radius 1 is 0.828 bits per heavy atom. The van der Waals surface area contributed by atoms with Crippen LogP contribution in [0.4, 0.5) is 10.2 Å². The van der Waals surface area contributed by atoms with Crippen molar-refractivity contribution in [1.29, 1.82) is 0 Å². The number of sulfonamides is 1. The van der Waals surface area contributed by atoms with Gasteiger partial charge in [-0.15, -0.1) is 10.2 Å². The van der Waals surface area contributed by atoms with Crippen LogP contribution >= 0.6 is 22.6 Å². The monoisotopic (exact) mass is 524 g/mol. The highest BCUT2D eigenvalue weighted by Gasteiger charge is 2.29. The zero-order valence-corrected chi connectivity index (χ0v) is 18.3. The van der Waals surface area contributed by atoms with E-state index in [0.29, 0.717) is 42.6 Å². The molecule has 29 heavy (non-hydrogen) atoms. The molecule has 0 radical (unpaired) electrons. The van der Waals surface area contributed by atoms with E-state index in [2.05, 4.69) is 32.8 Å². The first-order chi connectivity index (χ1) is 13.9. The molecule has 1 fully saturated rings. The van der Waals surface area contributed by atoms with Gasteiger partial charge in [-0.1, -0.05) is 0 Å². The first-order valence-electron chi connectivity index (χ1n) is 9.04. The zero-order chi connectivity index (χ0) is 20.4. The average Bonchev–Trinajstić information content (AvgIpc) is 2.75. The number of hydrogen-bond donors (Lipinski definition) is 0. The van der Waals surface area contributed by atoms with Gasteiger partial charge in [-0.05, 0) is 83.3 Å². The topological polar surface area (TPSA) is 66.4 Å². The first-order valence-corrected chi connectivity index (χ1v) is 11.6. The van der Waals surface area contributed by atoms with Crippen molar-refractivity contribution in [2.24, 2.45) is 0 Å². The number of hydrogen-bond acceptors (Lipinski definition) is 5. The third-order valence-electron chi connectivity index (χ3n) is 4.80. The van der Waals surface area contributed by atoms with Crippen molar-refractivity contribution in [3.63, 3.8) is 0 Å². The Morgan fingerprint density at radius 2 is 1.48 bits per heavy atom. The van der Waals surface area contributed by atoms with E-state index in [1.807, 2.05) is 17.0 Å². The lowest BCUT2D eigenvalue weighted by atomic mass is 10.1. The third-order valence-corrected chi connectivity index (χ3v) is 7.44. The minimum Gasteiger partial charge on any atom is -0.352 e. The SMILES string of the molecule is O=S(=O)(c1ccc(I)cc1)N1CCN(c2ccc(-c3ccc(F)cc3)nn2)CC1. The van der Waals surface area contributed by atoms with Crippen LogP contribution in [0, 0.1) is 9.39 Å². The van der Waals surface area contributed by atoms with E-state index < -0.39 is 10.0 Å². The fourth-order valence-corrected chi connectivity index (χ4v) is 4.96. The minimum atomic E-state index is -3.49. The van der Waals surface area contributed by atoms with E-state index in [9.17, 15) is 12.8 Å². The maximum absolute atomic E-state index is 13.1. The highest BCUT2D eigenvalue weighted by atomic mass is 127. The predicted octanol–water partition coefficient (Wildman–Crippen LogP) is 3.40. The number of benzene rings is 2. The summed E-state index contributed by atoms with van der Waals surface area (Å²) in [6, 6.07) is 16.7. The minimum absolute atomic E-state index is 0.295. The Balaban J connectivity index is 1.43. The Kier molecular flexibility index (Phi) is 5.79. The highest BCUT2D eigenvalue weighted by Crippen LogP contribution is 2.22. The number of halogens is 2. The van der Waals surface area contributed by atoms with Crippen molar-refractivity contribution in [3.8, 4) is 11.3 Å². The normalized spacial score (nSPS) is 15.4. The van der Waals surface area contributed by atoms with Crippen molar-refractivity contribution in [1.82, 2.24) is 14.5 Å². The van der Waals surface area contributed by atoms with Gasteiger partial charge in [0.15, 0.2) is 5.82 Å². The summed E-state index contributed by atoms with van der Waals surface area (Å²) in [6.07, 6.45) is 0. The van der Waals surface area contributed by atoms with Crippen LogP contribution in [-0.4, -0.2) is 49.1 Å². The molecule has 3 aromatic rings. The van der Waals surface area contributed by atoms with E-state index in [-0.39, 0.29) is 5.82 Å². The number of piperazine rings is 1. The van der Waals surface area contributed by atoms with Crippen LogP contribution in [0.2, 0.25) is 0 Å². The van der Waals surface area contributed by atoms with E-state index in [1.165, 1.54) is 16.4 Å². The Hall–Kier alpha value is -2.11. The van der Waals surface area contributed by atoms with E-state index >= 15 is 0 Å². The smallest absolute Gasteiger partial charge is 0.243 e. The molecule has 0 atom stereocenters. The van der Waals surface area contributed by atoms with Crippen molar-refractivity contribution < 1.29 is 12.8 Å². The molecule has 0 unspecified atom stereocenters. The van der Waals surface area contributed by atoms with Crippen LogP contribution in [0.5, 0.6) is 0 Å². The molecule has 2 aromatic carbocycles. The lowest BCUT2D eigenvalue weighted by molar-refractivity contribution is 0.383. The quantitative estimate of drug-likeness (QED) is 0.490. The lowest BCUT2D eigenvalue weighted by Gasteiger charge is -2.34. The Morgan fingerprint density at radius 3 is 2.07 bits per heavy atom. The third kappa shape index (κ3) is 4.41. The predicted molar refractivity (Wildman–Crippen MR) is 118 cm³/mol. The largest absolute Gasteiger partial charge is 0.352 e. The molecule has 0 spiro atoms. The van der Waals surface area contributed by atoms with Gasteiger partial charge >= 0.3 is 0 Å². The second-order valence-electron chi connectivity index (χ2n) is 6.63. The van der Waals surface area contributed by atoms with Gasteiger partial charge in [-0.2, -0.15) is 4.31 Å². The number of anilines is 1. The standard InChI is InChI=1S/C20H18FIN4O2S/c21-16-3-1-15(2-4-16)19-9-10-20(24-23-19)25-11-13-26(14-12-25)29(27,28)18-7-5-17(22)6-8-18/h1-10H,11-14H2. The summed E-state index contributed by atoms with van der Waals surface area (Å²) in [7, 11) is -3.49. The Bertz CT molecular complexity index is 1080. The summed E-state index contributed by atoms with van der Waals surface area (Å²) < 4.78 is 41.2. The molecule has 0 N–H and O–H groups in total. The van der Waals surface area contributed by atoms with Gasteiger partial charge in [0, 0.05) is 35.3 Å². The van der Waals surface area contributed by atoms with Gasteiger partial charge in [0.1, 0.15) is 5.82 Å². The van der Waals surface area contributed by atoms with E-state index in [1.54, 1.807) is 36.4 Å². The number of nitrogens with zero attached hydrogens (tertiary/aromatic N) is 4. The molecule has 9 heteroatoms. The molecule has 1 aliphatic rings. The molecular weight excluding hydrogens is 506 g/mol. The molecule has 0 amide bonds. The van der Waals surface area contributed by atoms with Crippen molar-refractivity contribution >= 4 is 38.4 Å². The fourth-order valence-electron chi connectivity index (χ4n) is 3.18. The van der Waals surface area contributed by atoms with Crippen LogP contribution in [0.3, 0.4) is 0 Å². The van der Waals surface area contributed by atoms with Crippen molar-refractivity contribution in [2.45, 2.75) is 4.90 Å². The second kappa shape index (κ2) is 8.33. The molecule has 0 bridgehead atoms. The summed E-state index contributed by atoms with van der Waals surface area (Å²) in [4.78, 5) is 2.33. The average molecular weight is 524 g/mol. The number of aromatic nitrogens is 2. The molecule has 1 saturated heterocycles. The first kappa shape index (κ1) is 20.2. The van der Waals surface area contributed by atoms with Gasteiger partial charge in [0.25, 0.3) is 0 Å². The number of rotatable bonds is 4. The molecule has 150 valence electrons. The van der Waals surface area contributed by atoms with Gasteiger partial charge < -0.3 is 4.90 Å². The lowest BCUT2D eigenvalue weighted by Crippen LogP contribution is -2.49. The zero-order valence-electron chi connectivity index (χ0n) is 15.4. The maximum Gasteiger partial charge on any atom is 0.243 e. The molecule has 1 aliphatic heterocycles. The maximum atomic E-state index is 13.1. The summed E-state index contributed by atoms with van der Waals surface area (Å²) in [6.45, 7) is 1.84.